The Morgan fingerprint density at radius 3 is 2.10 bits per heavy atom. The summed E-state index contributed by atoms with van der Waals surface area (Å²) in [7, 11) is 0. The largest absolute Gasteiger partial charge is 0.397 e. The van der Waals surface area contributed by atoms with Crippen LogP contribution in [0.25, 0.3) is 21.8 Å². The van der Waals surface area contributed by atoms with Crippen LogP contribution in [0.5, 0.6) is 0 Å². The highest BCUT2D eigenvalue weighted by Crippen LogP contribution is 2.16. The second-order valence-electron chi connectivity index (χ2n) is 4.62. The van der Waals surface area contributed by atoms with Crippen molar-refractivity contribution in [3.63, 3.8) is 0 Å². The molecule has 4 rings (SSSR count). The Bertz CT molecular complexity index is 801. The number of nitrogens with two attached hydrogens (primary N) is 1. The van der Waals surface area contributed by atoms with Crippen molar-refractivity contribution < 1.29 is 0 Å². The molecule has 0 radical (unpaired) electrons. The lowest BCUT2D eigenvalue weighted by Crippen LogP contribution is -1.87. The number of para-hydroxylation sites is 2. The monoisotopic (exact) mass is 273 g/mol. The number of anilines is 1. The summed E-state index contributed by atoms with van der Waals surface area (Å²) in [6, 6.07) is 21.8. The van der Waals surface area contributed by atoms with E-state index in [2.05, 4.69) is 22.1 Å². The average molecular weight is 273 g/mol. The molecule has 2 aromatic heterocycles. The normalized spacial score (nSPS) is 10.1. The lowest BCUT2D eigenvalue weighted by Gasteiger charge is -1.97. The number of nitrogen functional groups attached to an aromatic ring is 1. The molecule has 0 bridgehead atoms. The van der Waals surface area contributed by atoms with Crippen LogP contribution in [0.3, 0.4) is 0 Å². The van der Waals surface area contributed by atoms with Crippen molar-refractivity contribution in [3.05, 3.63) is 79.1 Å². The topological polar surface area (TPSA) is 51.8 Å². The molecule has 2 heterocycles. The quantitative estimate of drug-likeness (QED) is 0.492. The van der Waals surface area contributed by atoms with E-state index in [1.54, 1.807) is 6.20 Å². The molecular weight excluding hydrogens is 258 g/mol. The molecular formula is C18H15N3. The van der Waals surface area contributed by atoms with Crippen LogP contribution in [0.4, 0.5) is 5.69 Å². The zero-order valence-corrected chi connectivity index (χ0v) is 11.5. The molecule has 2 N–H and O–H groups in total. The van der Waals surface area contributed by atoms with Gasteiger partial charge < -0.3 is 5.73 Å². The van der Waals surface area contributed by atoms with Crippen molar-refractivity contribution in [2.45, 2.75) is 0 Å². The number of fused-ring (bicyclic) bond motifs is 2. The molecule has 0 fully saturated rings. The van der Waals surface area contributed by atoms with Gasteiger partial charge in [-0.25, -0.2) is 0 Å². The maximum atomic E-state index is 5.69. The molecule has 0 aliphatic rings. The summed E-state index contributed by atoms with van der Waals surface area (Å²) in [5, 5.41) is 2.29. The highest BCUT2D eigenvalue weighted by molar-refractivity contribution is 5.88. The van der Waals surface area contributed by atoms with Crippen molar-refractivity contribution in [2.24, 2.45) is 0 Å². The summed E-state index contributed by atoms with van der Waals surface area (Å²) in [5.41, 5.74) is 8.38. The molecule has 0 amide bonds. The molecule has 0 atom stereocenters. The summed E-state index contributed by atoms with van der Waals surface area (Å²) in [5.74, 6) is 0. The standard InChI is InChI=1S/C9H8N2.C9H7N/c10-8-5-1-3-7-4-2-6-11-9(7)8;1-2-6-9-8(4-1)5-3-7-10-9/h1-6H,10H2;1-7H. The van der Waals surface area contributed by atoms with Gasteiger partial charge in [-0.1, -0.05) is 42.5 Å². The van der Waals surface area contributed by atoms with Gasteiger partial charge in [0.15, 0.2) is 0 Å². The van der Waals surface area contributed by atoms with Crippen molar-refractivity contribution in [2.75, 3.05) is 5.73 Å². The van der Waals surface area contributed by atoms with Gasteiger partial charge in [0.05, 0.1) is 16.7 Å². The third-order valence-electron chi connectivity index (χ3n) is 3.18. The summed E-state index contributed by atoms with van der Waals surface area (Å²) in [6.45, 7) is 0. The summed E-state index contributed by atoms with van der Waals surface area (Å²) >= 11 is 0. The number of hydrogen-bond acceptors (Lipinski definition) is 3. The van der Waals surface area contributed by atoms with Crippen LogP contribution in [0.1, 0.15) is 0 Å². The molecule has 3 nitrogen and oxygen atoms in total. The fourth-order valence-corrected chi connectivity index (χ4v) is 2.14. The number of aromatic nitrogens is 2. The van der Waals surface area contributed by atoms with Crippen molar-refractivity contribution in [1.29, 1.82) is 0 Å². The summed E-state index contributed by atoms with van der Waals surface area (Å²) in [6.07, 6.45) is 3.56. The van der Waals surface area contributed by atoms with E-state index in [0.717, 1.165) is 22.1 Å². The van der Waals surface area contributed by atoms with Gasteiger partial charge in [-0.05, 0) is 24.3 Å². The number of hydrogen-bond donors (Lipinski definition) is 1. The second kappa shape index (κ2) is 6.01. The van der Waals surface area contributed by atoms with Gasteiger partial charge in [-0.15, -0.1) is 0 Å². The fourth-order valence-electron chi connectivity index (χ4n) is 2.14. The predicted molar refractivity (Wildman–Crippen MR) is 87.9 cm³/mol. The van der Waals surface area contributed by atoms with Crippen molar-refractivity contribution >= 4 is 27.5 Å². The first kappa shape index (κ1) is 13.1. The molecule has 0 spiro atoms. The zero-order valence-electron chi connectivity index (χ0n) is 11.5. The Morgan fingerprint density at radius 1 is 0.619 bits per heavy atom. The third-order valence-corrected chi connectivity index (χ3v) is 3.18. The molecule has 0 saturated heterocycles. The van der Waals surface area contributed by atoms with Gasteiger partial charge in [0, 0.05) is 23.2 Å². The number of nitrogens with zero attached hydrogens (tertiary/aromatic N) is 2. The van der Waals surface area contributed by atoms with Gasteiger partial charge in [0.1, 0.15) is 0 Å². The van der Waals surface area contributed by atoms with Gasteiger partial charge in [0.25, 0.3) is 0 Å². The minimum Gasteiger partial charge on any atom is -0.397 e. The van der Waals surface area contributed by atoms with Crippen LogP contribution in [-0.4, -0.2) is 9.97 Å². The van der Waals surface area contributed by atoms with Gasteiger partial charge >= 0.3 is 0 Å². The minimum atomic E-state index is 0.739. The maximum absolute atomic E-state index is 5.69. The van der Waals surface area contributed by atoms with E-state index in [1.807, 2.05) is 60.8 Å². The highest BCUT2D eigenvalue weighted by atomic mass is 14.7. The number of rotatable bonds is 0. The lowest BCUT2D eigenvalue weighted by atomic mass is 10.2. The van der Waals surface area contributed by atoms with E-state index in [9.17, 15) is 0 Å². The van der Waals surface area contributed by atoms with Crippen molar-refractivity contribution in [3.8, 4) is 0 Å². The molecule has 3 heteroatoms. The molecule has 0 saturated carbocycles. The molecule has 0 aliphatic heterocycles. The van der Waals surface area contributed by atoms with Crippen LogP contribution in [-0.2, 0) is 0 Å². The first-order chi connectivity index (χ1) is 10.3. The Balaban J connectivity index is 0.000000126. The third kappa shape index (κ3) is 2.98. The molecule has 2 aromatic carbocycles. The van der Waals surface area contributed by atoms with Crippen molar-refractivity contribution in [1.82, 2.24) is 9.97 Å². The van der Waals surface area contributed by atoms with E-state index < -0.39 is 0 Å². The highest BCUT2D eigenvalue weighted by Gasteiger charge is 1.94. The predicted octanol–water partition coefficient (Wildman–Crippen LogP) is 4.05. The number of benzene rings is 2. The Kier molecular flexibility index (Phi) is 3.74. The smallest absolute Gasteiger partial charge is 0.0931 e. The van der Waals surface area contributed by atoms with Gasteiger partial charge in [-0.3, -0.25) is 9.97 Å². The molecule has 0 unspecified atom stereocenters. The fraction of sp³-hybridized carbons (Fsp3) is 0. The van der Waals surface area contributed by atoms with Crippen LogP contribution >= 0.6 is 0 Å². The average Bonchev–Trinajstić information content (AvgIpc) is 2.56. The number of pyridine rings is 2. The van der Waals surface area contributed by atoms with Crippen LogP contribution < -0.4 is 5.73 Å². The van der Waals surface area contributed by atoms with E-state index in [-0.39, 0.29) is 0 Å². The van der Waals surface area contributed by atoms with E-state index in [0.29, 0.717) is 0 Å². The zero-order chi connectivity index (χ0) is 14.5. The van der Waals surface area contributed by atoms with Crippen LogP contribution in [0.2, 0.25) is 0 Å². The second-order valence-corrected chi connectivity index (χ2v) is 4.62. The lowest BCUT2D eigenvalue weighted by molar-refractivity contribution is 1.41. The summed E-state index contributed by atoms with van der Waals surface area (Å²) < 4.78 is 0. The molecule has 4 aromatic rings. The Morgan fingerprint density at radius 2 is 1.29 bits per heavy atom. The molecule has 21 heavy (non-hydrogen) atoms. The first-order valence-corrected chi connectivity index (χ1v) is 6.73. The maximum Gasteiger partial charge on any atom is 0.0931 e. The van der Waals surface area contributed by atoms with Crippen LogP contribution in [0, 0.1) is 0 Å². The first-order valence-electron chi connectivity index (χ1n) is 6.73. The summed E-state index contributed by atoms with van der Waals surface area (Å²) in [4.78, 5) is 8.34. The van der Waals surface area contributed by atoms with E-state index >= 15 is 0 Å². The van der Waals surface area contributed by atoms with E-state index in [4.69, 9.17) is 5.73 Å². The Hall–Kier alpha value is -2.94. The van der Waals surface area contributed by atoms with E-state index in [1.165, 1.54) is 5.39 Å². The molecule has 102 valence electrons. The van der Waals surface area contributed by atoms with Gasteiger partial charge in [0.2, 0.25) is 0 Å². The Labute approximate surface area is 123 Å². The minimum absolute atomic E-state index is 0.739. The SMILES string of the molecule is Nc1cccc2cccnc12.c1ccc2ncccc2c1. The van der Waals surface area contributed by atoms with Gasteiger partial charge in [-0.2, -0.15) is 0 Å². The molecule has 0 aliphatic carbocycles. The van der Waals surface area contributed by atoms with Crippen LogP contribution in [0.15, 0.2) is 79.1 Å².